The Morgan fingerprint density at radius 3 is 2.64 bits per heavy atom. The highest BCUT2D eigenvalue weighted by Gasteiger charge is 2.28. The lowest BCUT2D eigenvalue weighted by Crippen LogP contribution is -2.44. The van der Waals surface area contributed by atoms with Crippen LogP contribution in [0.2, 0.25) is 0 Å². The van der Waals surface area contributed by atoms with Crippen LogP contribution in [0.5, 0.6) is 0 Å². The van der Waals surface area contributed by atoms with E-state index in [9.17, 15) is 17.6 Å². The van der Waals surface area contributed by atoms with Crippen LogP contribution in [0.15, 0.2) is 47.4 Å². The Hall–Kier alpha value is -2.43. The van der Waals surface area contributed by atoms with E-state index in [1.54, 1.807) is 12.1 Å². The summed E-state index contributed by atoms with van der Waals surface area (Å²) in [6.07, 6.45) is 0.270. The van der Waals surface area contributed by atoms with E-state index in [4.69, 9.17) is 0 Å². The van der Waals surface area contributed by atoms with Crippen LogP contribution in [-0.4, -0.2) is 29.1 Å². The molecule has 2 aromatic carbocycles. The van der Waals surface area contributed by atoms with Crippen LogP contribution in [0.4, 0.5) is 10.1 Å². The van der Waals surface area contributed by atoms with Crippen molar-refractivity contribution in [2.75, 3.05) is 5.32 Å². The number of anilines is 1. The van der Waals surface area contributed by atoms with Crippen LogP contribution in [0.3, 0.4) is 0 Å². The van der Waals surface area contributed by atoms with Gasteiger partial charge in [0.25, 0.3) is 0 Å². The molecule has 1 heterocycles. The van der Waals surface area contributed by atoms with E-state index in [-0.39, 0.29) is 28.4 Å². The first kappa shape index (κ1) is 20.3. The summed E-state index contributed by atoms with van der Waals surface area (Å²) in [7, 11) is -4.03. The lowest BCUT2D eigenvalue weighted by Gasteiger charge is -2.20. The van der Waals surface area contributed by atoms with Crippen molar-refractivity contribution in [3.8, 4) is 0 Å². The molecule has 1 aromatic heterocycles. The van der Waals surface area contributed by atoms with Gasteiger partial charge in [0.1, 0.15) is 27.8 Å². The molecule has 3 rings (SSSR count). The summed E-state index contributed by atoms with van der Waals surface area (Å²) >= 11 is 0.915. The maximum absolute atomic E-state index is 13.4. The third-order valence-electron chi connectivity index (χ3n) is 3.95. The predicted molar refractivity (Wildman–Crippen MR) is 106 cm³/mol. The van der Waals surface area contributed by atoms with E-state index >= 15 is 0 Å². The number of hydrogen-bond acceptors (Lipinski definition) is 6. The smallest absolute Gasteiger partial charge is 0.243 e. The van der Waals surface area contributed by atoms with Gasteiger partial charge in [-0.15, -0.1) is 0 Å². The average Bonchev–Trinajstić information content (AvgIpc) is 3.09. The molecule has 1 amide bonds. The number of aromatic nitrogens is 2. The Morgan fingerprint density at radius 2 is 1.93 bits per heavy atom. The summed E-state index contributed by atoms with van der Waals surface area (Å²) in [5, 5.41) is 2.56. The van der Waals surface area contributed by atoms with Crippen LogP contribution < -0.4 is 10.0 Å². The molecule has 0 fully saturated rings. The van der Waals surface area contributed by atoms with Gasteiger partial charge in [-0.3, -0.25) is 4.79 Å². The minimum Gasteiger partial charge on any atom is -0.325 e. The van der Waals surface area contributed by atoms with E-state index in [1.165, 1.54) is 30.3 Å². The van der Waals surface area contributed by atoms with Crippen LogP contribution in [0, 0.1) is 11.7 Å². The molecule has 148 valence electrons. The number of rotatable bonds is 7. The molecule has 0 radical (unpaired) electrons. The molecule has 0 saturated carbocycles. The average molecular weight is 423 g/mol. The normalized spacial score (nSPS) is 13.0. The lowest BCUT2D eigenvalue weighted by molar-refractivity contribution is -0.118. The fourth-order valence-corrected chi connectivity index (χ4v) is 4.70. The third-order valence-corrected chi connectivity index (χ3v) is 6.00. The van der Waals surface area contributed by atoms with Gasteiger partial charge in [0.2, 0.25) is 15.9 Å². The van der Waals surface area contributed by atoms with E-state index in [2.05, 4.69) is 18.8 Å². The molecular formula is C18H19FN4O3S2. The van der Waals surface area contributed by atoms with E-state index < -0.39 is 27.8 Å². The fraction of sp³-hybridized carbons (Fsp3) is 0.278. The molecule has 0 saturated heterocycles. The van der Waals surface area contributed by atoms with Gasteiger partial charge in [-0.1, -0.05) is 26.0 Å². The Bertz CT molecular complexity index is 1100. The molecule has 10 heteroatoms. The molecule has 0 aliphatic carbocycles. The zero-order valence-electron chi connectivity index (χ0n) is 15.2. The van der Waals surface area contributed by atoms with Crippen LogP contribution in [0.25, 0.3) is 11.0 Å². The van der Waals surface area contributed by atoms with Gasteiger partial charge in [0.15, 0.2) is 0 Å². The Balaban J connectivity index is 1.87. The topological polar surface area (TPSA) is 101 Å². The highest BCUT2D eigenvalue weighted by atomic mass is 32.2. The number of hydrogen-bond donors (Lipinski definition) is 2. The molecule has 28 heavy (non-hydrogen) atoms. The maximum atomic E-state index is 13.4. The monoisotopic (exact) mass is 422 g/mol. The van der Waals surface area contributed by atoms with Gasteiger partial charge < -0.3 is 5.32 Å². The summed E-state index contributed by atoms with van der Waals surface area (Å²) in [6.45, 7) is 3.75. The van der Waals surface area contributed by atoms with Crippen molar-refractivity contribution in [1.29, 1.82) is 0 Å². The summed E-state index contributed by atoms with van der Waals surface area (Å²) in [6, 6.07) is 9.04. The van der Waals surface area contributed by atoms with Gasteiger partial charge in [-0.05, 0) is 42.7 Å². The number of nitrogens with zero attached hydrogens (tertiary/aromatic N) is 2. The molecule has 0 aliphatic heterocycles. The van der Waals surface area contributed by atoms with Gasteiger partial charge in [0, 0.05) is 5.69 Å². The number of amides is 1. The van der Waals surface area contributed by atoms with Crippen LogP contribution in [0.1, 0.15) is 20.3 Å². The first-order valence-electron chi connectivity index (χ1n) is 8.56. The molecule has 0 aliphatic rings. The van der Waals surface area contributed by atoms with E-state index in [0.717, 1.165) is 11.7 Å². The molecule has 0 bridgehead atoms. The van der Waals surface area contributed by atoms with Crippen LogP contribution in [-0.2, 0) is 14.8 Å². The Morgan fingerprint density at radius 1 is 1.18 bits per heavy atom. The number of carbonyl (C=O) groups is 1. The minimum absolute atomic E-state index is 0.0361. The standard InChI is InChI=1S/C18H19FN4O3S2/c1-11(2)9-15(18(24)20-13-6-3-5-12(19)10-13)23-28(25,26)16-8-4-7-14-17(16)22-27-21-14/h3-8,10-11,15,23H,9H2,1-2H3,(H,20,24)/t15-/m0/s1. The second-order valence-corrected chi connectivity index (χ2v) is 8.90. The first-order valence-corrected chi connectivity index (χ1v) is 10.8. The van der Waals surface area contributed by atoms with Gasteiger partial charge >= 0.3 is 0 Å². The minimum atomic E-state index is -4.03. The molecule has 3 aromatic rings. The van der Waals surface area contributed by atoms with Gasteiger partial charge in [0.05, 0.1) is 11.7 Å². The molecule has 7 nitrogen and oxygen atoms in total. The number of halogens is 1. The first-order chi connectivity index (χ1) is 13.3. The summed E-state index contributed by atoms with van der Waals surface area (Å²) in [5.41, 5.74) is 0.982. The van der Waals surface area contributed by atoms with E-state index in [0.29, 0.717) is 5.52 Å². The number of nitrogens with one attached hydrogen (secondary N) is 2. The second kappa shape index (κ2) is 8.29. The molecular weight excluding hydrogens is 403 g/mol. The second-order valence-electron chi connectivity index (χ2n) is 6.69. The van der Waals surface area contributed by atoms with Crippen LogP contribution >= 0.6 is 11.7 Å². The highest BCUT2D eigenvalue weighted by molar-refractivity contribution is 7.89. The summed E-state index contributed by atoms with van der Waals surface area (Å²) in [5.74, 6) is -1.02. The fourth-order valence-electron chi connectivity index (χ4n) is 2.72. The number of fused-ring (bicyclic) bond motifs is 1. The summed E-state index contributed by atoms with van der Waals surface area (Å²) < 4.78 is 49.8. The zero-order chi connectivity index (χ0) is 20.3. The third kappa shape index (κ3) is 4.70. The molecule has 0 spiro atoms. The largest absolute Gasteiger partial charge is 0.325 e. The zero-order valence-corrected chi connectivity index (χ0v) is 16.8. The van der Waals surface area contributed by atoms with Crippen molar-refractivity contribution in [3.63, 3.8) is 0 Å². The molecule has 2 N–H and O–H groups in total. The van der Waals surface area contributed by atoms with Gasteiger partial charge in [-0.25, -0.2) is 12.8 Å². The van der Waals surface area contributed by atoms with Gasteiger partial charge in [-0.2, -0.15) is 13.5 Å². The van der Waals surface area contributed by atoms with Crippen molar-refractivity contribution in [1.82, 2.24) is 13.5 Å². The molecule has 1 atom stereocenters. The van der Waals surface area contributed by atoms with Crippen molar-refractivity contribution in [2.24, 2.45) is 5.92 Å². The predicted octanol–water partition coefficient (Wildman–Crippen LogP) is 3.16. The summed E-state index contributed by atoms with van der Waals surface area (Å²) in [4.78, 5) is 12.7. The van der Waals surface area contributed by atoms with Crippen molar-refractivity contribution >= 4 is 44.4 Å². The molecule has 0 unspecified atom stereocenters. The number of sulfonamides is 1. The highest BCUT2D eigenvalue weighted by Crippen LogP contribution is 2.22. The number of benzene rings is 2. The van der Waals surface area contributed by atoms with Crippen molar-refractivity contribution < 1.29 is 17.6 Å². The maximum Gasteiger partial charge on any atom is 0.243 e. The van der Waals surface area contributed by atoms with Crippen molar-refractivity contribution in [3.05, 3.63) is 48.3 Å². The SMILES string of the molecule is CC(C)C[C@H](NS(=O)(=O)c1cccc2nsnc12)C(=O)Nc1cccc(F)c1. The Kier molecular flexibility index (Phi) is 6.01. The quantitative estimate of drug-likeness (QED) is 0.609. The van der Waals surface area contributed by atoms with E-state index in [1.807, 2.05) is 13.8 Å². The Labute approximate surface area is 166 Å². The number of carbonyl (C=O) groups excluding carboxylic acids is 1. The van der Waals surface area contributed by atoms with Crippen molar-refractivity contribution in [2.45, 2.75) is 31.2 Å². The lowest BCUT2D eigenvalue weighted by atomic mass is 10.0.